The molecular formula is C21H29NO2. The van der Waals surface area contributed by atoms with Gasteiger partial charge in [-0.15, -0.1) is 0 Å². The number of carbonyl (C=O) groups excluding carboxylic acids is 1. The number of carbonyl (C=O) groups is 1. The molecule has 0 spiro atoms. The van der Waals surface area contributed by atoms with E-state index in [1.54, 1.807) is 0 Å². The van der Waals surface area contributed by atoms with Gasteiger partial charge in [0.2, 0.25) is 0 Å². The molecule has 1 saturated carbocycles. The molecule has 1 aromatic rings. The number of ether oxygens (including phenoxy) is 1. The van der Waals surface area contributed by atoms with Gasteiger partial charge >= 0.3 is 5.97 Å². The van der Waals surface area contributed by atoms with Gasteiger partial charge < -0.3 is 4.74 Å². The maximum Gasteiger partial charge on any atom is 0.356 e. The predicted molar refractivity (Wildman–Crippen MR) is 96.8 cm³/mol. The van der Waals surface area contributed by atoms with E-state index in [0.29, 0.717) is 11.6 Å². The summed E-state index contributed by atoms with van der Waals surface area (Å²) < 4.78 is 4.81. The summed E-state index contributed by atoms with van der Waals surface area (Å²) in [5, 5.41) is 0. The zero-order valence-corrected chi connectivity index (χ0v) is 15.4. The third kappa shape index (κ3) is 3.13. The second kappa shape index (κ2) is 7.08. The van der Waals surface area contributed by atoms with Gasteiger partial charge in [-0.05, 0) is 61.6 Å². The zero-order chi connectivity index (χ0) is 17.3. The zero-order valence-electron chi connectivity index (χ0n) is 15.4. The Morgan fingerprint density at radius 3 is 2.54 bits per heavy atom. The number of nitrogens with zero attached hydrogens (tertiary/aromatic N) is 1. The molecule has 2 aliphatic rings. The summed E-state index contributed by atoms with van der Waals surface area (Å²) in [4.78, 5) is 16.4. The molecule has 24 heavy (non-hydrogen) atoms. The molecule has 1 heterocycles. The summed E-state index contributed by atoms with van der Waals surface area (Å²) in [6, 6.07) is 3.90. The Kier molecular flexibility index (Phi) is 5.07. The average Bonchev–Trinajstić information content (AvgIpc) is 3.13. The molecule has 1 aromatic heterocycles. The lowest BCUT2D eigenvalue weighted by molar-refractivity contribution is 0.0593. The summed E-state index contributed by atoms with van der Waals surface area (Å²) in [5.41, 5.74) is 5.59. The molecule has 3 nitrogen and oxygen atoms in total. The maximum atomic E-state index is 11.8. The van der Waals surface area contributed by atoms with Crippen LogP contribution in [-0.2, 0) is 11.2 Å². The van der Waals surface area contributed by atoms with E-state index in [9.17, 15) is 4.79 Å². The number of rotatable bonds is 3. The molecule has 0 bridgehead atoms. The van der Waals surface area contributed by atoms with Crippen LogP contribution in [0.4, 0.5) is 0 Å². The number of allylic oxidation sites excluding steroid dienone is 2. The van der Waals surface area contributed by atoms with Crippen molar-refractivity contribution < 1.29 is 9.53 Å². The number of aryl methyl sites for hydroxylation is 1. The highest BCUT2D eigenvalue weighted by Crippen LogP contribution is 2.46. The van der Waals surface area contributed by atoms with E-state index in [1.807, 2.05) is 6.07 Å². The van der Waals surface area contributed by atoms with Crippen LogP contribution < -0.4 is 0 Å². The fraction of sp³-hybridized carbons (Fsp3) is 0.619. The van der Waals surface area contributed by atoms with Crippen LogP contribution in [-0.4, -0.2) is 18.1 Å². The summed E-state index contributed by atoms with van der Waals surface area (Å²) >= 11 is 0. The maximum absolute atomic E-state index is 11.8. The van der Waals surface area contributed by atoms with E-state index in [1.165, 1.54) is 49.5 Å². The van der Waals surface area contributed by atoms with E-state index in [4.69, 9.17) is 4.74 Å². The van der Waals surface area contributed by atoms with Gasteiger partial charge in [0.15, 0.2) is 0 Å². The molecule has 0 N–H and O–H groups in total. The third-order valence-corrected chi connectivity index (χ3v) is 6.04. The first-order valence-corrected chi connectivity index (χ1v) is 9.29. The number of fused-ring (bicyclic) bond motifs is 1. The minimum Gasteiger partial charge on any atom is -0.464 e. The fourth-order valence-corrected chi connectivity index (χ4v) is 4.77. The Bertz CT molecular complexity index is 652. The van der Waals surface area contributed by atoms with Crippen molar-refractivity contribution >= 4 is 11.5 Å². The third-order valence-electron chi connectivity index (χ3n) is 6.04. The Morgan fingerprint density at radius 1 is 1.21 bits per heavy atom. The van der Waals surface area contributed by atoms with E-state index in [0.717, 1.165) is 30.4 Å². The van der Waals surface area contributed by atoms with Crippen molar-refractivity contribution in [2.75, 3.05) is 7.11 Å². The van der Waals surface area contributed by atoms with Crippen molar-refractivity contribution in [2.45, 2.75) is 59.3 Å². The van der Waals surface area contributed by atoms with Crippen molar-refractivity contribution in [1.82, 2.24) is 4.98 Å². The first-order valence-electron chi connectivity index (χ1n) is 9.29. The molecule has 2 unspecified atom stereocenters. The van der Waals surface area contributed by atoms with Gasteiger partial charge in [-0.1, -0.05) is 44.2 Å². The van der Waals surface area contributed by atoms with E-state index in [-0.39, 0.29) is 5.97 Å². The number of aromatic nitrogens is 1. The van der Waals surface area contributed by atoms with Crippen LogP contribution in [0.2, 0.25) is 0 Å². The van der Waals surface area contributed by atoms with Gasteiger partial charge in [0.25, 0.3) is 0 Å². The molecule has 1 fully saturated rings. The SMILES string of the molecule is COC(=O)c1ccc2c(n1)CCC(C(C)C1CCCC1)C2=C(C)C. The molecule has 0 aromatic carbocycles. The molecule has 2 aliphatic carbocycles. The number of esters is 1. The van der Waals surface area contributed by atoms with Gasteiger partial charge in [-0.2, -0.15) is 0 Å². The Morgan fingerprint density at radius 2 is 1.92 bits per heavy atom. The Labute approximate surface area is 145 Å². The monoisotopic (exact) mass is 327 g/mol. The average molecular weight is 327 g/mol. The minimum atomic E-state index is -0.349. The lowest BCUT2D eigenvalue weighted by Crippen LogP contribution is -2.26. The first-order chi connectivity index (χ1) is 11.5. The van der Waals surface area contributed by atoms with Crippen LogP contribution in [0.3, 0.4) is 0 Å². The molecule has 0 saturated heterocycles. The number of hydrogen-bond donors (Lipinski definition) is 0. The molecule has 0 radical (unpaired) electrons. The molecular weight excluding hydrogens is 298 g/mol. The lowest BCUT2D eigenvalue weighted by Gasteiger charge is -2.36. The highest BCUT2D eigenvalue weighted by Gasteiger charge is 2.34. The molecule has 0 amide bonds. The lowest BCUT2D eigenvalue weighted by atomic mass is 9.69. The fourth-order valence-electron chi connectivity index (χ4n) is 4.77. The van der Waals surface area contributed by atoms with Crippen LogP contribution >= 0.6 is 0 Å². The van der Waals surface area contributed by atoms with Crippen LogP contribution in [0.5, 0.6) is 0 Å². The van der Waals surface area contributed by atoms with Gasteiger partial charge in [0.1, 0.15) is 5.69 Å². The smallest absolute Gasteiger partial charge is 0.356 e. The van der Waals surface area contributed by atoms with Crippen LogP contribution in [0, 0.1) is 17.8 Å². The summed E-state index contributed by atoms with van der Waals surface area (Å²) in [5.74, 6) is 1.87. The molecule has 130 valence electrons. The van der Waals surface area contributed by atoms with Crippen molar-refractivity contribution in [2.24, 2.45) is 17.8 Å². The highest BCUT2D eigenvalue weighted by atomic mass is 16.5. The van der Waals surface area contributed by atoms with Gasteiger partial charge in [0, 0.05) is 5.69 Å². The van der Waals surface area contributed by atoms with E-state index < -0.39 is 0 Å². The summed E-state index contributed by atoms with van der Waals surface area (Å²) in [7, 11) is 1.41. The molecule has 0 aliphatic heterocycles. The topological polar surface area (TPSA) is 39.2 Å². The number of pyridine rings is 1. The number of hydrogen-bond acceptors (Lipinski definition) is 3. The van der Waals surface area contributed by atoms with Gasteiger partial charge in [0.05, 0.1) is 7.11 Å². The van der Waals surface area contributed by atoms with Crippen LogP contribution in [0.15, 0.2) is 17.7 Å². The first kappa shape index (κ1) is 17.2. The molecule has 3 rings (SSSR count). The molecule has 3 heteroatoms. The second-order valence-corrected chi connectivity index (χ2v) is 7.64. The Hall–Kier alpha value is -1.64. The van der Waals surface area contributed by atoms with E-state index in [2.05, 4.69) is 31.8 Å². The quantitative estimate of drug-likeness (QED) is 0.729. The normalized spacial score (nSPS) is 22.2. The van der Waals surface area contributed by atoms with E-state index >= 15 is 0 Å². The van der Waals surface area contributed by atoms with Crippen molar-refractivity contribution in [3.8, 4) is 0 Å². The van der Waals surface area contributed by atoms with Gasteiger partial charge in [-0.25, -0.2) is 9.78 Å². The molecule has 2 atom stereocenters. The predicted octanol–water partition coefficient (Wildman–Crippen LogP) is 5.05. The van der Waals surface area contributed by atoms with Gasteiger partial charge in [-0.3, -0.25) is 0 Å². The largest absolute Gasteiger partial charge is 0.464 e. The standard InChI is InChI=1S/C21H29NO2/c1-13(2)20-16(14(3)15-7-5-6-8-15)9-11-18-17(20)10-12-19(22-18)21(23)24-4/h10,12,14-16H,5-9,11H2,1-4H3. The minimum absolute atomic E-state index is 0.349. The van der Waals surface area contributed by atoms with Crippen molar-refractivity contribution in [3.63, 3.8) is 0 Å². The highest BCUT2D eigenvalue weighted by molar-refractivity contribution is 5.88. The summed E-state index contributed by atoms with van der Waals surface area (Å²) in [6.07, 6.45) is 7.67. The van der Waals surface area contributed by atoms with Crippen LogP contribution in [0.1, 0.15) is 74.6 Å². The number of methoxy groups -OCH3 is 1. The summed E-state index contributed by atoms with van der Waals surface area (Å²) in [6.45, 7) is 6.88. The second-order valence-electron chi connectivity index (χ2n) is 7.64. The van der Waals surface area contributed by atoms with Crippen LogP contribution in [0.25, 0.3) is 5.57 Å². The van der Waals surface area contributed by atoms with Crippen molar-refractivity contribution in [1.29, 1.82) is 0 Å². The van der Waals surface area contributed by atoms with Crippen molar-refractivity contribution in [3.05, 3.63) is 34.7 Å². The Balaban J connectivity index is 1.95.